The van der Waals surface area contributed by atoms with E-state index in [4.69, 9.17) is 8.83 Å². The third-order valence-corrected chi connectivity index (χ3v) is 15.8. The van der Waals surface area contributed by atoms with Crippen LogP contribution >= 0.6 is 0 Å². The van der Waals surface area contributed by atoms with Crippen LogP contribution in [0.3, 0.4) is 0 Å². The molecule has 0 spiro atoms. The Morgan fingerprint density at radius 3 is 1.15 bits per heavy atom. The van der Waals surface area contributed by atoms with Gasteiger partial charge in [0, 0.05) is 49.5 Å². The first-order chi connectivity index (χ1) is 36.9. The normalized spacial score (nSPS) is 12.8. The summed E-state index contributed by atoms with van der Waals surface area (Å²) in [7, 11) is 0. The summed E-state index contributed by atoms with van der Waals surface area (Å²) < 4.78 is 13.5. The maximum Gasteiger partial charge on any atom is 0.159 e. The average Bonchev–Trinajstić information content (AvgIpc) is 4.14. The van der Waals surface area contributed by atoms with E-state index in [1.165, 1.54) is 43.8 Å². The van der Waals surface area contributed by atoms with Crippen LogP contribution in [0.25, 0.3) is 98.8 Å². The lowest BCUT2D eigenvalue weighted by molar-refractivity contribution is 0.662. The zero-order chi connectivity index (χ0) is 49.8. The highest BCUT2D eigenvalue weighted by Crippen LogP contribution is 2.53. The van der Waals surface area contributed by atoms with Gasteiger partial charge in [-0.05, 0) is 140 Å². The van der Waals surface area contributed by atoms with Gasteiger partial charge in [-0.2, -0.15) is 0 Å². The van der Waals surface area contributed by atoms with Gasteiger partial charge in [-0.1, -0.05) is 184 Å². The highest BCUT2D eigenvalue weighted by Gasteiger charge is 2.36. The number of fused-ring (bicyclic) bond motifs is 11. The van der Waals surface area contributed by atoms with Crippen molar-refractivity contribution in [3.05, 3.63) is 266 Å². The van der Waals surface area contributed by atoms with Crippen LogP contribution in [0.4, 0.5) is 34.1 Å². The van der Waals surface area contributed by atoms with Crippen molar-refractivity contribution in [2.45, 2.75) is 19.3 Å². The van der Waals surface area contributed by atoms with Crippen LogP contribution in [0.15, 0.2) is 264 Å². The van der Waals surface area contributed by atoms with Crippen molar-refractivity contribution in [3.8, 4) is 33.4 Å². The molecule has 1 aliphatic carbocycles. The predicted octanol–water partition coefficient (Wildman–Crippen LogP) is 20.4. The Bertz CT molecular complexity index is 4290. The number of hydrogen-bond acceptors (Lipinski definition) is 4. The number of rotatable bonds is 8. The van der Waals surface area contributed by atoms with Crippen LogP contribution in [-0.2, 0) is 5.41 Å². The molecule has 0 radical (unpaired) electrons. The summed E-state index contributed by atoms with van der Waals surface area (Å²) in [6.45, 7) is 4.77. The molecule has 0 amide bonds. The highest BCUT2D eigenvalue weighted by molar-refractivity contribution is 6.13. The highest BCUT2D eigenvalue weighted by atomic mass is 16.3. The third-order valence-electron chi connectivity index (χ3n) is 15.8. The molecule has 2 heterocycles. The maximum atomic E-state index is 6.77. The number of hydrogen-bond donors (Lipinski definition) is 0. The lowest BCUT2D eigenvalue weighted by Gasteiger charge is -2.28. The minimum atomic E-state index is -0.280. The molecule has 0 atom stereocenters. The summed E-state index contributed by atoms with van der Waals surface area (Å²) in [4.78, 5) is 4.78. The Labute approximate surface area is 434 Å². The SMILES string of the molecule is CC1(C)c2cc3cc(N(c4ccccc4-c4ccccc4)c4cccc5c4oc4ccccc45)ccc3cc2-c2cc3ccc(N(c4ccccc4-c4ccccc4)c4cccc5c4oc4ccccc45)cc3cc21. The van der Waals surface area contributed by atoms with Gasteiger partial charge < -0.3 is 18.6 Å². The Morgan fingerprint density at radius 2 is 0.680 bits per heavy atom. The van der Waals surface area contributed by atoms with E-state index in [0.717, 1.165) is 100 Å². The average molecular weight is 961 g/mol. The van der Waals surface area contributed by atoms with Crippen molar-refractivity contribution in [3.63, 3.8) is 0 Å². The minimum Gasteiger partial charge on any atom is -0.454 e. The van der Waals surface area contributed by atoms with Crippen molar-refractivity contribution in [1.82, 2.24) is 0 Å². The molecule has 0 bridgehead atoms. The smallest absolute Gasteiger partial charge is 0.159 e. The molecule has 4 heteroatoms. The molecule has 14 aromatic rings. The summed E-state index contributed by atoms with van der Waals surface area (Å²) in [6, 6.07) is 92.1. The molecule has 15 rings (SSSR count). The summed E-state index contributed by atoms with van der Waals surface area (Å²) in [5, 5.41) is 9.17. The first-order valence-electron chi connectivity index (χ1n) is 25.8. The second kappa shape index (κ2) is 16.7. The van der Waals surface area contributed by atoms with Gasteiger partial charge in [-0.25, -0.2) is 0 Å². The van der Waals surface area contributed by atoms with Crippen molar-refractivity contribution >= 4 is 99.5 Å². The molecule has 0 aliphatic heterocycles. The molecule has 4 nitrogen and oxygen atoms in total. The molecule has 12 aromatic carbocycles. The zero-order valence-electron chi connectivity index (χ0n) is 41.5. The van der Waals surface area contributed by atoms with Gasteiger partial charge in [0.15, 0.2) is 11.2 Å². The van der Waals surface area contributed by atoms with Crippen LogP contribution in [0, 0.1) is 0 Å². The molecule has 0 N–H and O–H groups in total. The van der Waals surface area contributed by atoms with E-state index < -0.39 is 0 Å². The monoisotopic (exact) mass is 960 g/mol. The van der Waals surface area contributed by atoms with Crippen molar-refractivity contribution in [2.24, 2.45) is 0 Å². The largest absolute Gasteiger partial charge is 0.454 e. The van der Waals surface area contributed by atoms with E-state index in [-0.39, 0.29) is 5.41 Å². The molecule has 0 fully saturated rings. The summed E-state index contributed by atoms with van der Waals surface area (Å²) >= 11 is 0. The Morgan fingerprint density at radius 1 is 0.293 bits per heavy atom. The van der Waals surface area contributed by atoms with E-state index in [9.17, 15) is 0 Å². The number of para-hydroxylation sites is 6. The fourth-order valence-corrected chi connectivity index (χ4v) is 12.2. The quantitative estimate of drug-likeness (QED) is 0.152. The molecular formula is C71H48N2O2. The summed E-state index contributed by atoms with van der Waals surface area (Å²) in [6.07, 6.45) is 0. The number of benzene rings is 12. The molecule has 1 aliphatic rings. The molecule has 354 valence electrons. The Balaban J connectivity index is 0.877. The second-order valence-electron chi connectivity index (χ2n) is 20.4. The fraction of sp³-hybridized carbons (Fsp3) is 0.0423. The molecule has 0 unspecified atom stereocenters. The second-order valence-corrected chi connectivity index (χ2v) is 20.4. The van der Waals surface area contributed by atoms with E-state index in [1.807, 2.05) is 12.1 Å². The molecular weight excluding hydrogens is 913 g/mol. The van der Waals surface area contributed by atoms with Gasteiger partial charge in [0.2, 0.25) is 0 Å². The first-order valence-corrected chi connectivity index (χ1v) is 25.8. The van der Waals surface area contributed by atoms with E-state index in [2.05, 4.69) is 266 Å². The van der Waals surface area contributed by atoms with Gasteiger partial charge in [0.1, 0.15) is 11.2 Å². The lowest BCUT2D eigenvalue weighted by atomic mass is 9.81. The van der Waals surface area contributed by atoms with Crippen LogP contribution in [-0.4, -0.2) is 0 Å². The first kappa shape index (κ1) is 43.0. The molecule has 2 aromatic heterocycles. The third kappa shape index (κ3) is 6.76. The van der Waals surface area contributed by atoms with Crippen LogP contribution in [0.5, 0.6) is 0 Å². The van der Waals surface area contributed by atoms with Crippen molar-refractivity contribution < 1.29 is 8.83 Å². The van der Waals surface area contributed by atoms with Crippen molar-refractivity contribution in [2.75, 3.05) is 9.80 Å². The Kier molecular flexibility index (Phi) is 9.58. The van der Waals surface area contributed by atoms with Gasteiger partial charge in [0.05, 0.1) is 22.7 Å². The zero-order valence-corrected chi connectivity index (χ0v) is 41.5. The van der Waals surface area contributed by atoms with E-state index in [0.29, 0.717) is 0 Å². The molecule has 0 saturated heterocycles. The Hall–Kier alpha value is -9.64. The van der Waals surface area contributed by atoms with E-state index >= 15 is 0 Å². The standard InChI is InChI=1S/C71H48N2O2/c1-71(2)61-43-49-39-51(72(63-29-13-9-23-53(63)45-19-5-3-6-20-45)65-31-17-27-57-55-25-11-15-33-67(55)74-69(57)65)37-35-47(49)41-59(61)60-42-48-36-38-52(40-50(48)44-62(60)71)73(64-30-14-10-24-54(64)46-21-7-4-8-22-46)66-32-18-28-58-56-26-12-16-34-68(56)75-70(58)66/h3-44H,1-2H3. The maximum absolute atomic E-state index is 6.77. The van der Waals surface area contributed by atoms with Crippen molar-refractivity contribution in [1.29, 1.82) is 0 Å². The molecule has 0 saturated carbocycles. The minimum absolute atomic E-state index is 0.280. The van der Waals surface area contributed by atoms with E-state index in [1.54, 1.807) is 0 Å². The lowest BCUT2D eigenvalue weighted by Crippen LogP contribution is -2.15. The van der Waals surface area contributed by atoms with Gasteiger partial charge >= 0.3 is 0 Å². The topological polar surface area (TPSA) is 32.8 Å². The number of anilines is 6. The number of nitrogens with zero attached hydrogens (tertiary/aromatic N) is 2. The van der Waals surface area contributed by atoms with Crippen LogP contribution in [0.2, 0.25) is 0 Å². The number of furan rings is 2. The summed E-state index contributed by atoms with van der Waals surface area (Å²) in [5.74, 6) is 0. The van der Waals surface area contributed by atoms with Crippen LogP contribution < -0.4 is 9.80 Å². The molecule has 75 heavy (non-hydrogen) atoms. The predicted molar refractivity (Wildman–Crippen MR) is 314 cm³/mol. The van der Waals surface area contributed by atoms with Gasteiger partial charge in [-0.3, -0.25) is 0 Å². The van der Waals surface area contributed by atoms with Gasteiger partial charge in [0.25, 0.3) is 0 Å². The fourth-order valence-electron chi connectivity index (χ4n) is 12.2. The van der Waals surface area contributed by atoms with Gasteiger partial charge in [-0.15, -0.1) is 0 Å². The van der Waals surface area contributed by atoms with Crippen LogP contribution in [0.1, 0.15) is 25.0 Å². The summed E-state index contributed by atoms with van der Waals surface area (Å²) in [5.41, 5.74) is 19.2.